The molecule has 1 aliphatic heterocycles. The van der Waals surface area contributed by atoms with Crippen molar-refractivity contribution in [3.05, 3.63) is 23.8 Å². The molecule has 4 heteroatoms. The molecule has 0 aromatic heterocycles. The highest BCUT2D eigenvalue weighted by molar-refractivity contribution is 5.57. The van der Waals surface area contributed by atoms with Crippen molar-refractivity contribution in [2.75, 3.05) is 24.6 Å². The minimum absolute atomic E-state index is 0.443. The van der Waals surface area contributed by atoms with Crippen molar-refractivity contribution in [3.8, 4) is 11.8 Å². The number of hydrogen-bond donors (Lipinski definition) is 1. The highest BCUT2D eigenvalue weighted by Gasteiger charge is 2.23. The van der Waals surface area contributed by atoms with E-state index in [9.17, 15) is 0 Å². The van der Waals surface area contributed by atoms with Gasteiger partial charge < -0.3 is 15.0 Å². The van der Waals surface area contributed by atoms with Crippen LogP contribution in [0.4, 0.5) is 5.69 Å². The number of nitriles is 1. The molecule has 1 aromatic carbocycles. The van der Waals surface area contributed by atoms with E-state index >= 15 is 0 Å². The molecule has 102 valence electrons. The Bertz CT molecular complexity index is 481. The van der Waals surface area contributed by atoms with Gasteiger partial charge in [-0.05, 0) is 32.9 Å². The second-order valence-electron chi connectivity index (χ2n) is 5.04. The largest absolute Gasteiger partial charge is 0.492 e. The SMILES string of the molecule is CCOc1cc(N2C[C@@H](C)NC[C@@H]2C)ccc1C#N. The third kappa shape index (κ3) is 2.99. The summed E-state index contributed by atoms with van der Waals surface area (Å²) in [6.45, 7) is 8.85. The van der Waals surface area contributed by atoms with Gasteiger partial charge in [-0.25, -0.2) is 0 Å². The van der Waals surface area contributed by atoms with Gasteiger partial charge in [0.15, 0.2) is 0 Å². The Morgan fingerprint density at radius 1 is 1.47 bits per heavy atom. The van der Waals surface area contributed by atoms with Crippen molar-refractivity contribution in [2.24, 2.45) is 0 Å². The van der Waals surface area contributed by atoms with Gasteiger partial charge in [0.2, 0.25) is 0 Å². The molecule has 2 atom stereocenters. The van der Waals surface area contributed by atoms with Crippen LogP contribution < -0.4 is 15.0 Å². The van der Waals surface area contributed by atoms with Crippen LogP contribution in [0.1, 0.15) is 26.3 Å². The van der Waals surface area contributed by atoms with Crippen LogP contribution in [0.2, 0.25) is 0 Å². The Hall–Kier alpha value is -1.73. The van der Waals surface area contributed by atoms with Gasteiger partial charge in [0.05, 0.1) is 12.2 Å². The fourth-order valence-electron chi connectivity index (χ4n) is 2.44. The third-order valence-corrected chi connectivity index (χ3v) is 3.48. The van der Waals surface area contributed by atoms with Gasteiger partial charge in [-0.3, -0.25) is 0 Å². The van der Waals surface area contributed by atoms with Gasteiger partial charge in [0.25, 0.3) is 0 Å². The number of ether oxygens (including phenoxy) is 1. The van der Waals surface area contributed by atoms with E-state index in [0.717, 1.165) is 18.8 Å². The minimum atomic E-state index is 0.443. The molecule has 19 heavy (non-hydrogen) atoms. The summed E-state index contributed by atoms with van der Waals surface area (Å²) in [7, 11) is 0. The zero-order valence-electron chi connectivity index (χ0n) is 11.8. The molecule has 0 unspecified atom stereocenters. The Morgan fingerprint density at radius 2 is 2.26 bits per heavy atom. The monoisotopic (exact) mass is 259 g/mol. The van der Waals surface area contributed by atoms with Gasteiger partial charge in [-0.15, -0.1) is 0 Å². The molecular weight excluding hydrogens is 238 g/mol. The predicted molar refractivity (Wildman–Crippen MR) is 76.6 cm³/mol. The maximum Gasteiger partial charge on any atom is 0.139 e. The average molecular weight is 259 g/mol. The van der Waals surface area contributed by atoms with Crippen LogP contribution in [-0.4, -0.2) is 31.8 Å². The molecule has 1 N–H and O–H groups in total. The van der Waals surface area contributed by atoms with E-state index in [0.29, 0.717) is 30.0 Å². The van der Waals surface area contributed by atoms with Crippen molar-refractivity contribution in [1.29, 1.82) is 5.26 Å². The van der Waals surface area contributed by atoms with Crippen molar-refractivity contribution in [3.63, 3.8) is 0 Å². The van der Waals surface area contributed by atoms with E-state index in [2.05, 4.69) is 30.1 Å². The number of rotatable bonds is 3. The van der Waals surface area contributed by atoms with Crippen LogP contribution in [0.25, 0.3) is 0 Å². The fraction of sp³-hybridized carbons (Fsp3) is 0.533. The normalized spacial score (nSPS) is 22.9. The second-order valence-corrected chi connectivity index (χ2v) is 5.04. The molecular formula is C15H21N3O. The highest BCUT2D eigenvalue weighted by atomic mass is 16.5. The zero-order chi connectivity index (χ0) is 13.8. The van der Waals surface area contributed by atoms with Crippen LogP contribution in [0.5, 0.6) is 5.75 Å². The van der Waals surface area contributed by atoms with E-state index in [1.54, 1.807) is 0 Å². The summed E-state index contributed by atoms with van der Waals surface area (Å²) in [6.07, 6.45) is 0. The first-order valence-electron chi connectivity index (χ1n) is 6.82. The number of nitrogens with one attached hydrogen (secondary N) is 1. The summed E-state index contributed by atoms with van der Waals surface area (Å²) >= 11 is 0. The second kappa shape index (κ2) is 5.94. The highest BCUT2D eigenvalue weighted by Crippen LogP contribution is 2.27. The molecule has 0 bridgehead atoms. The van der Waals surface area contributed by atoms with Gasteiger partial charge in [0, 0.05) is 36.9 Å². The Kier molecular flexibility index (Phi) is 4.28. The number of nitrogens with zero attached hydrogens (tertiary/aromatic N) is 2. The van der Waals surface area contributed by atoms with Crippen LogP contribution in [0.15, 0.2) is 18.2 Å². The van der Waals surface area contributed by atoms with E-state index in [-0.39, 0.29) is 0 Å². The van der Waals surface area contributed by atoms with Gasteiger partial charge in [0.1, 0.15) is 11.8 Å². The fourth-order valence-corrected chi connectivity index (χ4v) is 2.44. The summed E-state index contributed by atoms with van der Waals surface area (Å²) in [5.41, 5.74) is 1.73. The smallest absolute Gasteiger partial charge is 0.139 e. The van der Waals surface area contributed by atoms with Gasteiger partial charge in [-0.1, -0.05) is 0 Å². The molecule has 0 saturated carbocycles. The summed E-state index contributed by atoms with van der Waals surface area (Å²) in [5.74, 6) is 0.681. The summed E-state index contributed by atoms with van der Waals surface area (Å²) in [6, 6.07) is 8.93. The Labute approximate surface area is 115 Å². The van der Waals surface area contributed by atoms with Crippen LogP contribution >= 0.6 is 0 Å². The maximum atomic E-state index is 9.09. The molecule has 0 amide bonds. The molecule has 2 rings (SSSR count). The molecule has 1 aliphatic rings. The first-order chi connectivity index (χ1) is 9.15. The minimum Gasteiger partial charge on any atom is -0.492 e. The molecule has 4 nitrogen and oxygen atoms in total. The number of piperazine rings is 1. The molecule has 1 saturated heterocycles. The molecule has 0 aliphatic carbocycles. The topological polar surface area (TPSA) is 48.3 Å². The Balaban J connectivity index is 2.29. The lowest BCUT2D eigenvalue weighted by Crippen LogP contribution is -2.54. The molecule has 0 radical (unpaired) electrons. The van der Waals surface area contributed by atoms with Crippen molar-refractivity contribution in [1.82, 2.24) is 5.32 Å². The van der Waals surface area contributed by atoms with Crippen molar-refractivity contribution in [2.45, 2.75) is 32.9 Å². The first-order valence-corrected chi connectivity index (χ1v) is 6.82. The van der Waals surface area contributed by atoms with Gasteiger partial charge >= 0.3 is 0 Å². The van der Waals surface area contributed by atoms with E-state index < -0.39 is 0 Å². The van der Waals surface area contributed by atoms with Crippen LogP contribution in [0.3, 0.4) is 0 Å². The predicted octanol–water partition coefficient (Wildman–Crippen LogP) is 2.14. The number of hydrogen-bond acceptors (Lipinski definition) is 4. The molecule has 1 aromatic rings. The third-order valence-electron chi connectivity index (χ3n) is 3.48. The quantitative estimate of drug-likeness (QED) is 0.903. The standard InChI is InChI=1S/C15H21N3O/c1-4-19-15-7-14(6-5-13(15)8-16)18-10-11(2)17-9-12(18)3/h5-7,11-12,17H,4,9-10H2,1-3H3/t11-,12+/m1/s1. The number of anilines is 1. The lowest BCUT2D eigenvalue weighted by atomic mass is 10.1. The summed E-state index contributed by atoms with van der Waals surface area (Å²) < 4.78 is 5.56. The number of benzene rings is 1. The van der Waals surface area contributed by atoms with Crippen LogP contribution in [-0.2, 0) is 0 Å². The van der Waals surface area contributed by atoms with Crippen molar-refractivity contribution >= 4 is 5.69 Å². The van der Waals surface area contributed by atoms with Gasteiger partial charge in [-0.2, -0.15) is 5.26 Å². The van der Waals surface area contributed by atoms with E-state index in [1.807, 2.05) is 25.1 Å². The van der Waals surface area contributed by atoms with Crippen molar-refractivity contribution < 1.29 is 4.74 Å². The average Bonchev–Trinajstić information content (AvgIpc) is 2.42. The van der Waals surface area contributed by atoms with Crippen LogP contribution in [0, 0.1) is 11.3 Å². The summed E-state index contributed by atoms with van der Waals surface area (Å²) in [5, 5.41) is 12.6. The van der Waals surface area contributed by atoms with E-state index in [1.165, 1.54) is 0 Å². The maximum absolute atomic E-state index is 9.09. The summed E-state index contributed by atoms with van der Waals surface area (Å²) in [4.78, 5) is 2.37. The lowest BCUT2D eigenvalue weighted by Gasteiger charge is -2.39. The molecule has 1 fully saturated rings. The van der Waals surface area contributed by atoms with E-state index in [4.69, 9.17) is 10.00 Å². The molecule has 0 spiro atoms. The molecule has 1 heterocycles. The zero-order valence-corrected chi connectivity index (χ0v) is 11.8. The lowest BCUT2D eigenvalue weighted by molar-refractivity contribution is 0.339. The first kappa shape index (κ1) is 13.7. The Morgan fingerprint density at radius 3 is 2.95 bits per heavy atom.